The van der Waals surface area contributed by atoms with E-state index in [1.165, 1.54) is 42.9 Å². The Morgan fingerprint density at radius 3 is 1.55 bits per heavy atom. The fourth-order valence-corrected chi connectivity index (χ4v) is 17.6. The molecule has 114 valence electrons. The van der Waals surface area contributed by atoms with Gasteiger partial charge in [-0.2, -0.15) is 0 Å². The summed E-state index contributed by atoms with van der Waals surface area (Å²) in [6.45, 7) is 7.07. The first-order valence-corrected chi connectivity index (χ1v) is 15.9. The van der Waals surface area contributed by atoms with E-state index >= 15 is 0 Å². The van der Waals surface area contributed by atoms with Crippen LogP contribution in [0.1, 0.15) is 64.9 Å². The van der Waals surface area contributed by atoms with Crippen molar-refractivity contribution >= 4 is 18.8 Å². The van der Waals surface area contributed by atoms with E-state index in [0.29, 0.717) is 0 Å². The summed E-state index contributed by atoms with van der Waals surface area (Å²) in [4.78, 5) is 0. The summed E-state index contributed by atoms with van der Waals surface area (Å²) >= 11 is -1.83. The molecule has 1 heteroatoms. The third kappa shape index (κ3) is 6.66. The molecule has 0 aromatic heterocycles. The molecule has 0 amide bonds. The molecule has 0 radical (unpaired) electrons. The fraction of sp³-hybridized carbons (Fsp3) is 0.684. The predicted molar refractivity (Wildman–Crippen MR) is 95.0 cm³/mol. The Kier molecular flexibility index (Phi) is 9.70. The van der Waals surface area contributed by atoms with Crippen molar-refractivity contribution in [2.45, 2.75) is 76.8 Å². The van der Waals surface area contributed by atoms with E-state index < -0.39 is 18.8 Å². The molecule has 0 saturated heterocycles. The first-order valence-electron chi connectivity index (χ1n) is 8.65. The van der Waals surface area contributed by atoms with Crippen molar-refractivity contribution in [3.05, 3.63) is 35.9 Å². The average Bonchev–Trinajstić information content (AvgIpc) is 2.49. The summed E-state index contributed by atoms with van der Waals surface area (Å²) in [6, 6.07) is 11.3. The summed E-state index contributed by atoms with van der Waals surface area (Å²) in [6.07, 6.45) is 8.57. The zero-order valence-electron chi connectivity index (χ0n) is 13.9. The van der Waals surface area contributed by atoms with Crippen molar-refractivity contribution in [2.75, 3.05) is 0 Å². The molecule has 0 atom stereocenters. The van der Waals surface area contributed by atoms with Gasteiger partial charge in [-0.05, 0) is 0 Å². The topological polar surface area (TPSA) is 0 Å². The van der Waals surface area contributed by atoms with Gasteiger partial charge in [0.05, 0.1) is 0 Å². The molecule has 0 aliphatic heterocycles. The first kappa shape index (κ1) is 18.1. The summed E-state index contributed by atoms with van der Waals surface area (Å²) < 4.78 is 6.33. The van der Waals surface area contributed by atoms with E-state index in [1.807, 2.05) is 0 Å². The van der Waals surface area contributed by atoms with Gasteiger partial charge in [0.1, 0.15) is 0 Å². The van der Waals surface area contributed by atoms with Crippen LogP contribution in [0.3, 0.4) is 0 Å². The van der Waals surface area contributed by atoms with Crippen molar-refractivity contribution in [1.82, 2.24) is 0 Å². The summed E-state index contributed by atoms with van der Waals surface area (Å²) in [5.74, 6) is 0. The van der Waals surface area contributed by atoms with Gasteiger partial charge in [0.15, 0.2) is 0 Å². The van der Waals surface area contributed by atoms with Crippen LogP contribution in [0.5, 0.6) is 0 Å². The second kappa shape index (κ2) is 10.7. The molecule has 1 rings (SSSR count). The third-order valence-corrected chi connectivity index (χ3v) is 18.1. The average molecular weight is 384 g/mol. The summed E-state index contributed by atoms with van der Waals surface area (Å²) in [5, 5.41) is 0. The molecule has 0 fully saturated rings. The second-order valence-electron chi connectivity index (χ2n) is 6.22. The van der Waals surface area contributed by atoms with Gasteiger partial charge in [0.25, 0.3) is 0 Å². The minimum absolute atomic E-state index is 1.38. The number of rotatable bonds is 11. The predicted octanol–water partition coefficient (Wildman–Crippen LogP) is 6.62. The van der Waals surface area contributed by atoms with Crippen molar-refractivity contribution < 1.29 is 0 Å². The number of hydrogen-bond donors (Lipinski definition) is 0. The maximum absolute atomic E-state index is 2.37. The van der Waals surface area contributed by atoms with Gasteiger partial charge < -0.3 is 0 Å². The van der Waals surface area contributed by atoms with Gasteiger partial charge in [-0.25, -0.2) is 0 Å². The van der Waals surface area contributed by atoms with Crippen LogP contribution in [-0.2, 0) is 4.37 Å². The van der Waals surface area contributed by atoms with Crippen LogP contribution >= 0.6 is 0 Å². The molecule has 1 aromatic carbocycles. The molecule has 1 aromatic rings. The molecule has 0 saturated carbocycles. The molecule has 0 aliphatic carbocycles. The first-order chi connectivity index (χ1) is 9.76. The van der Waals surface area contributed by atoms with E-state index in [1.54, 1.807) is 18.7 Å². The van der Waals surface area contributed by atoms with Crippen molar-refractivity contribution in [3.8, 4) is 0 Å². The van der Waals surface area contributed by atoms with Crippen LogP contribution < -0.4 is 0 Å². The second-order valence-corrected chi connectivity index (χ2v) is 18.6. The van der Waals surface area contributed by atoms with E-state index in [4.69, 9.17) is 0 Å². The summed E-state index contributed by atoms with van der Waals surface area (Å²) in [5.41, 5.74) is 1.63. The maximum atomic E-state index is 2.37. The van der Waals surface area contributed by atoms with Crippen molar-refractivity contribution in [2.24, 2.45) is 0 Å². The number of hydrogen-bond acceptors (Lipinski definition) is 0. The molecule has 20 heavy (non-hydrogen) atoms. The van der Waals surface area contributed by atoms with Gasteiger partial charge >= 0.3 is 131 Å². The number of benzene rings is 1. The molecule has 0 aliphatic rings. The zero-order valence-corrected chi connectivity index (χ0v) is 16.5. The molecule has 0 N–H and O–H groups in total. The molecule has 0 spiro atoms. The van der Waals surface area contributed by atoms with Gasteiger partial charge in [-0.15, -0.1) is 0 Å². The van der Waals surface area contributed by atoms with Crippen LogP contribution in [0.4, 0.5) is 0 Å². The van der Waals surface area contributed by atoms with E-state index in [9.17, 15) is 0 Å². The Balaban J connectivity index is 2.81. The minimum atomic E-state index is -1.83. The molecule has 0 bridgehead atoms. The Morgan fingerprint density at radius 1 is 0.700 bits per heavy atom. The Labute approximate surface area is 131 Å². The van der Waals surface area contributed by atoms with Gasteiger partial charge in [0.2, 0.25) is 0 Å². The molecular weight excluding hydrogens is 350 g/mol. The van der Waals surface area contributed by atoms with Gasteiger partial charge in [-0.3, -0.25) is 0 Å². The molecule has 0 nitrogen and oxygen atoms in total. The zero-order chi connectivity index (χ0) is 14.7. The van der Waals surface area contributed by atoms with Crippen LogP contribution in [0.2, 0.25) is 13.1 Å². The quantitative estimate of drug-likeness (QED) is 0.376. The summed E-state index contributed by atoms with van der Waals surface area (Å²) in [7, 11) is 0. The standard InChI is InChI=1S/C7H7.3C4H9.Sb/c1-7-5-3-2-4-6-7;3*1-3-4-2;/h2-6H,1H2;3*1,3-4H2,2H3;/q;;;;+1. The van der Waals surface area contributed by atoms with Crippen molar-refractivity contribution in [3.63, 3.8) is 0 Å². The fourth-order valence-electron chi connectivity index (χ4n) is 3.02. The monoisotopic (exact) mass is 383 g/mol. The Bertz CT molecular complexity index is 309. The number of unbranched alkanes of at least 4 members (excludes halogenated alkanes) is 3. The van der Waals surface area contributed by atoms with E-state index in [2.05, 4.69) is 51.1 Å². The molecule has 0 heterocycles. The van der Waals surface area contributed by atoms with Gasteiger partial charge in [0, 0.05) is 0 Å². The molecule has 0 unspecified atom stereocenters. The Morgan fingerprint density at radius 2 is 1.15 bits per heavy atom. The normalized spacial score (nSPS) is 11.8. The van der Waals surface area contributed by atoms with Crippen LogP contribution in [0, 0.1) is 0 Å². The molecular formula is C19H34Sb+. The van der Waals surface area contributed by atoms with Crippen LogP contribution in [0.15, 0.2) is 30.3 Å². The van der Waals surface area contributed by atoms with Crippen molar-refractivity contribution in [1.29, 1.82) is 0 Å². The SMILES string of the molecule is CCC[CH2][Sb+]([CH2]CCC)([CH2]CCC)[CH2]c1ccccc1. The van der Waals surface area contributed by atoms with E-state index in [-0.39, 0.29) is 0 Å². The Hall–Kier alpha value is 0.0382. The third-order valence-electron chi connectivity index (χ3n) is 4.32. The van der Waals surface area contributed by atoms with Crippen LogP contribution in [-0.4, -0.2) is 18.8 Å². The van der Waals surface area contributed by atoms with E-state index in [0.717, 1.165) is 0 Å². The van der Waals surface area contributed by atoms with Gasteiger partial charge in [-0.1, -0.05) is 0 Å². The van der Waals surface area contributed by atoms with Crippen LogP contribution in [0.25, 0.3) is 0 Å².